The minimum Gasteiger partial charge on any atom is -0.348 e. The molecule has 0 unspecified atom stereocenters. The second-order valence-electron chi connectivity index (χ2n) is 5.36. The highest BCUT2D eigenvalue weighted by Crippen LogP contribution is 2.27. The number of carbonyl (C=O) groups excluding carboxylic acids is 1. The van der Waals surface area contributed by atoms with Crippen molar-refractivity contribution in [1.29, 1.82) is 0 Å². The first-order valence-electron chi connectivity index (χ1n) is 7.07. The van der Waals surface area contributed by atoms with Gasteiger partial charge in [0.1, 0.15) is 0 Å². The molecule has 0 aromatic carbocycles. The van der Waals surface area contributed by atoms with Crippen LogP contribution in [0.25, 0.3) is 0 Å². The van der Waals surface area contributed by atoms with E-state index in [0.29, 0.717) is 12.0 Å². The molecule has 1 atom stereocenters. The number of piperidine rings is 3. The first-order chi connectivity index (χ1) is 9.81. The molecule has 0 radical (unpaired) electrons. The van der Waals surface area contributed by atoms with Crippen LogP contribution in [0, 0.1) is 5.92 Å². The molecule has 3 saturated heterocycles. The Balaban J connectivity index is 1.47. The third kappa shape index (κ3) is 3.41. The predicted octanol–water partition coefficient (Wildman–Crippen LogP) is 1.90. The normalized spacial score (nSPS) is 28.7. The van der Waals surface area contributed by atoms with Crippen LogP contribution in [0.2, 0.25) is 0 Å². The van der Waals surface area contributed by atoms with Gasteiger partial charge in [0, 0.05) is 36.0 Å². The summed E-state index contributed by atoms with van der Waals surface area (Å²) in [5, 5.41) is 4.98. The number of nitrogens with one attached hydrogen (secondary N) is 1. The molecular formula is C15H19N3OS. The molecular weight excluding hydrogens is 270 g/mol. The summed E-state index contributed by atoms with van der Waals surface area (Å²) in [6.07, 6.45) is 7.58. The van der Waals surface area contributed by atoms with Crippen molar-refractivity contribution in [3.63, 3.8) is 0 Å². The number of pyridine rings is 1. The van der Waals surface area contributed by atoms with Crippen LogP contribution in [0.5, 0.6) is 0 Å². The van der Waals surface area contributed by atoms with E-state index in [0.717, 1.165) is 11.4 Å². The third-order valence-corrected chi connectivity index (χ3v) is 4.87. The SMILES string of the molecule is O=C(C=CSc1ccncc1)N[C@H]1CN2CCC1CC2. The highest BCUT2D eigenvalue weighted by molar-refractivity contribution is 8.02. The maximum Gasteiger partial charge on any atom is 0.244 e. The van der Waals surface area contributed by atoms with Gasteiger partial charge in [-0.05, 0) is 49.4 Å². The minimum atomic E-state index is 0.0188. The molecule has 1 N–H and O–H groups in total. The Kier molecular flexibility index (Phi) is 4.38. The maximum absolute atomic E-state index is 11.9. The molecule has 3 fully saturated rings. The summed E-state index contributed by atoms with van der Waals surface area (Å²) in [4.78, 5) is 19.4. The van der Waals surface area contributed by atoms with E-state index < -0.39 is 0 Å². The molecule has 3 aliphatic rings. The highest BCUT2D eigenvalue weighted by atomic mass is 32.2. The van der Waals surface area contributed by atoms with Crippen LogP contribution < -0.4 is 5.32 Å². The van der Waals surface area contributed by atoms with Gasteiger partial charge in [-0.1, -0.05) is 11.8 Å². The molecule has 0 saturated carbocycles. The average Bonchev–Trinajstić information content (AvgIpc) is 2.49. The summed E-state index contributed by atoms with van der Waals surface area (Å²) in [5.74, 6) is 0.690. The van der Waals surface area contributed by atoms with E-state index in [1.807, 2.05) is 17.5 Å². The van der Waals surface area contributed by atoms with Crippen molar-refractivity contribution in [1.82, 2.24) is 15.2 Å². The summed E-state index contributed by atoms with van der Waals surface area (Å²) < 4.78 is 0. The third-order valence-electron chi connectivity index (χ3n) is 4.06. The Bertz CT molecular complexity index is 483. The number of aromatic nitrogens is 1. The number of hydrogen-bond acceptors (Lipinski definition) is 4. The smallest absolute Gasteiger partial charge is 0.244 e. The summed E-state index contributed by atoms with van der Waals surface area (Å²) in [6.45, 7) is 3.41. The molecule has 0 spiro atoms. The van der Waals surface area contributed by atoms with Crippen molar-refractivity contribution in [3.05, 3.63) is 36.0 Å². The second-order valence-corrected chi connectivity index (χ2v) is 6.34. The van der Waals surface area contributed by atoms with E-state index in [1.54, 1.807) is 18.5 Å². The molecule has 1 aromatic rings. The summed E-state index contributed by atoms with van der Waals surface area (Å²) in [7, 11) is 0. The van der Waals surface area contributed by atoms with Crippen molar-refractivity contribution in [3.8, 4) is 0 Å². The standard InChI is InChI=1S/C15H19N3OS/c19-15(5-10-20-13-1-6-16-7-2-13)17-14-11-18-8-3-12(14)4-9-18/h1-2,5-7,10,12,14H,3-4,8-9,11H2,(H,17,19)/t14-/m0/s1. The van der Waals surface area contributed by atoms with E-state index in [2.05, 4.69) is 15.2 Å². The molecule has 1 amide bonds. The second kappa shape index (κ2) is 6.41. The largest absolute Gasteiger partial charge is 0.348 e. The zero-order valence-electron chi connectivity index (χ0n) is 11.4. The molecule has 106 valence electrons. The lowest BCUT2D eigenvalue weighted by molar-refractivity contribution is -0.118. The van der Waals surface area contributed by atoms with Crippen LogP contribution in [0.1, 0.15) is 12.8 Å². The summed E-state index contributed by atoms with van der Waals surface area (Å²) >= 11 is 1.53. The van der Waals surface area contributed by atoms with Crippen LogP contribution >= 0.6 is 11.8 Å². The molecule has 2 bridgehead atoms. The fourth-order valence-electron chi connectivity index (χ4n) is 2.95. The topological polar surface area (TPSA) is 45.2 Å². The zero-order chi connectivity index (χ0) is 13.8. The fraction of sp³-hybridized carbons (Fsp3) is 0.467. The number of rotatable bonds is 4. The Morgan fingerprint density at radius 1 is 1.35 bits per heavy atom. The van der Waals surface area contributed by atoms with Gasteiger partial charge in [0.2, 0.25) is 5.91 Å². The van der Waals surface area contributed by atoms with Gasteiger partial charge in [-0.15, -0.1) is 0 Å². The molecule has 4 nitrogen and oxygen atoms in total. The Labute approximate surface area is 123 Å². The molecule has 4 rings (SSSR count). The van der Waals surface area contributed by atoms with Crippen LogP contribution in [0.4, 0.5) is 0 Å². The minimum absolute atomic E-state index is 0.0188. The van der Waals surface area contributed by atoms with Gasteiger partial charge in [-0.25, -0.2) is 0 Å². The summed E-state index contributed by atoms with van der Waals surface area (Å²) in [6, 6.07) is 4.20. The Morgan fingerprint density at radius 2 is 2.10 bits per heavy atom. The maximum atomic E-state index is 11.9. The van der Waals surface area contributed by atoms with Crippen molar-refractivity contribution in [2.75, 3.05) is 19.6 Å². The van der Waals surface area contributed by atoms with Crippen LogP contribution in [0.3, 0.4) is 0 Å². The van der Waals surface area contributed by atoms with E-state index in [9.17, 15) is 4.79 Å². The van der Waals surface area contributed by atoms with Crippen LogP contribution in [-0.2, 0) is 4.79 Å². The first-order valence-corrected chi connectivity index (χ1v) is 7.95. The molecule has 5 heteroatoms. The van der Waals surface area contributed by atoms with E-state index in [4.69, 9.17) is 0 Å². The van der Waals surface area contributed by atoms with Gasteiger partial charge in [-0.2, -0.15) is 0 Å². The van der Waals surface area contributed by atoms with Gasteiger partial charge in [0.15, 0.2) is 0 Å². The van der Waals surface area contributed by atoms with Crippen molar-refractivity contribution < 1.29 is 4.79 Å². The van der Waals surface area contributed by atoms with Crippen LogP contribution in [-0.4, -0.2) is 41.5 Å². The number of amides is 1. The highest BCUT2D eigenvalue weighted by Gasteiger charge is 2.34. The number of fused-ring (bicyclic) bond motifs is 3. The lowest BCUT2D eigenvalue weighted by Crippen LogP contribution is -2.57. The van der Waals surface area contributed by atoms with Gasteiger partial charge in [0.05, 0.1) is 0 Å². The number of carbonyl (C=O) groups is 1. The average molecular weight is 289 g/mol. The zero-order valence-corrected chi connectivity index (χ0v) is 12.2. The van der Waals surface area contributed by atoms with E-state index in [1.165, 1.54) is 37.7 Å². The Hall–Kier alpha value is -1.33. The molecule has 20 heavy (non-hydrogen) atoms. The van der Waals surface area contributed by atoms with Gasteiger partial charge >= 0.3 is 0 Å². The van der Waals surface area contributed by atoms with E-state index >= 15 is 0 Å². The van der Waals surface area contributed by atoms with Gasteiger partial charge in [0.25, 0.3) is 0 Å². The van der Waals surface area contributed by atoms with Crippen molar-refractivity contribution in [2.45, 2.75) is 23.8 Å². The molecule has 3 aliphatic heterocycles. The fourth-order valence-corrected chi connectivity index (χ4v) is 3.58. The van der Waals surface area contributed by atoms with Gasteiger partial charge in [-0.3, -0.25) is 9.78 Å². The van der Waals surface area contributed by atoms with Crippen LogP contribution in [0.15, 0.2) is 40.9 Å². The molecule has 0 aliphatic carbocycles. The van der Waals surface area contributed by atoms with Crippen molar-refractivity contribution in [2.24, 2.45) is 5.92 Å². The first kappa shape index (κ1) is 13.6. The lowest BCUT2D eigenvalue weighted by Gasteiger charge is -2.44. The summed E-state index contributed by atoms with van der Waals surface area (Å²) in [5.41, 5.74) is 0. The number of thioether (sulfide) groups is 1. The van der Waals surface area contributed by atoms with E-state index in [-0.39, 0.29) is 5.91 Å². The number of nitrogens with zero attached hydrogens (tertiary/aromatic N) is 2. The van der Waals surface area contributed by atoms with Gasteiger partial charge < -0.3 is 10.2 Å². The molecule has 1 aromatic heterocycles. The quantitative estimate of drug-likeness (QED) is 0.679. The molecule has 4 heterocycles. The Morgan fingerprint density at radius 3 is 2.75 bits per heavy atom. The lowest BCUT2D eigenvalue weighted by atomic mass is 9.84. The predicted molar refractivity (Wildman–Crippen MR) is 80.3 cm³/mol. The monoisotopic (exact) mass is 289 g/mol. The van der Waals surface area contributed by atoms with Crippen molar-refractivity contribution >= 4 is 17.7 Å². The number of hydrogen-bond donors (Lipinski definition) is 1.